The molecule has 0 nitrogen and oxygen atoms in total. The smallest absolute Gasteiger partial charge is 0.0727 e. The summed E-state index contributed by atoms with van der Waals surface area (Å²) in [5.41, 5.74) is 1.50. The van der Waals surface area contributed by atoms with Crippen LogP contribution in [0.1, 0.15) is 37.2 Å². The lowest BCUT2D eigenvalue weighted by Crippen LogP contribution is -2.20. The van der Waals surface area contributed by atoms with Crippen LogP contribution in [0.25, 0.3) is 0 Å². The Balaban J connectivity index is 2.03. The molecule has 0 heterocycles. The van der Waals surface area contributed by atoms with E-state index in [0.29, 0.717) is 0 Å². The monoisotopic (exact) mass is 316 g/mol. The zero-order chi connectivity index (χ0) is 10.0. The normalized spacial score (nSPS) is 22.1. The van der Waals surface area contributed by atoms with Crippen LogP contribution in [0.4, 0.5) is 0 Å². The first kappa shape index (κ1) is 10.7. The summed E-state index contributed by atoms with van der Waals surface area (Å²) in [6.45, 7) is 0. The average molecular weight is 318 g/mol. The molecule has 1 aliphatic rings. The fraction of sp³-hybridized carbons (Fsp3) is 0.500. The Hall–Kier alpha value is 0.180. The third kappa shape index (κ3) is 2.60. The summed E-state index contributed by atoms with van der Waals surface area (Å²) in [7, 11) is 0. The number of hydrogen-bond donors (Lipinski definition) is 0. The van der Waals surface area contributed by atoms with Gasteiger partial charge in [-0.1, -0.05) is 62.2 Å². The first-order valence-corrected chi connectivity index (χ1v) is 6.69. The Kier molecular flexibility index (Phi) is 3.33. The largest absolute Gasteiger partial charge is 0.0806 e. The van der Waals surface area contributed by atoms with Crippen LogP contribution in [0.15, 0.2) is 30.3 Å². The van der Waals surface area contributed by atoms with E-state index in [1.165, 1.54) is 31.2 Å². The van der Waals surface area contributed by atoms with Crippen LogP contribution in [0.3, 0.4) is 0 Å². The fourth-order valence-electron chi connectivity index (χ4n) is 2.10. The summed E-state index contributed by atoms with van der Waals surface area (Å²) in [5, 5.41) is 0. The lowest BCUT2D eigenvalue weighted by molar-refractivity contribution is 0.442. The highest BCUT2D eigenvalue weighted by Crippen LogP contribution is 2.46. The number of rotatable bonds is 1. The van der Waals surface area contributed by atoms with E-state index in [2.05, 4.69) is 62.2 Å². The predicted octanol–water partition coefficient (Wildman–Crippen LogP) is 4.83. The van der Waals surface area contributed by atoms with Crippen molar-refractivity contribution in [3.63, 3.8) is 0 Å². The van der Waals surface area contributed by atoms with Gasteiger partial charge in [-0.05, 0) is 37.2 Å². The van der Waals surface area contributed by atoms with E-state index in [1.54, 1.807) is 0 Å². The highest BCUT2D eigenvalue weighted by molar-refractivity contribution is 9.25. The molecule has 14 heavy (non-hydrogen) atoms. The van der Waals surface area contributed by atoms with Gasteiger partial charge in [0.05, 0.1) is 3.23 Å². The summed E-state index contributed by atoms with van der Waals surface area (Å²) in [5.74, 6) is 0.763. The maximum atomic E-state index is 3.71. The van der Waals surface area contributed by atoms with Crippen molar-refractivity contribution in [2.45, 2.75) is 34.8 Å². The Bertz CT molecular complexity index is 282. The second kappa shape index (κ2) is 4.36. The summed E-state index contributed by atoms with van der Waals surface area (Å²) < 4.78 is 0.214. The number of hydrogen-bond acceptors (Lipinski definition) is 0. The molecule has 0 saturated heterocycles. The van der Waals surface area contributed by atoms with Crippen LogP contribution >= 0.6 is 31.9 Å². The molecular formula is C12H14Br2. The van der Waals surface area contributed by atoms with E-state index >= 15 is 0 Å². The van der Waals surface area contributed by atoms with Gasteiger partial charge in [0.15, 0.2) is 0 Å². The molecule has 76 valence electrons. The van der Waals surface area contributed by atoms with E-state index in [9.17, 15) is 0 Å². The number of alkyl halides is 2. The second-order valence-electron chi connectivity index (χ2n) is 4.04. The average Bonchev–Trinajstić information content (AvgIpc) is 2.19. The summed E-state index contributed by atoms with van der Waals surface area (Å²) in [6, 6.07) is 10.9. The van der Waals surface area contributed by atoms with Crippen LogP contribution in [0.2, 0.25) is 0 Å². The lowest BCUT2D eigenvalue weighted by Gasteiger charge is -2.31. The molecule has 1 aromatic carbocycles. The molecule has 0 aromatic heterocycles. The van der Waals surface area contributed by atoms with Crippen molar-refractivity contribution in [2.24, 2.45) is 0 Å². The van der Waals surface area contributed by atoms with Crippen molar-refractivity contribution in [2.75, 3.05) is 0 Å². The molecule has 2 heteroatoms. The summed E-state index contributed by atoms with van der Waals surface area (Å²) >= 11 is 7.42. The molecule has 0 spiro atoms. The molecular weight excluding hydrogens is 304 g/mol. The molecule has 1 saturated carbocycles. The van der Waals surface area contributed by atoms with E-state index in [1.807, 2.05) is 0 Å². The van der Waals surface area contributed by atoms with Crippen LogP contribution in [-0.2, 0) is 0 Å². The van der Waals surface area contributed by atoms with Gasteiger partial charge in [0.1, 0.15) is 0 Å². The first-order chi connectivity index (χ1) is 6.67. The standard InChI is InChI=1S/C12H14Br2/c13-12(14)8-6-11(7-9-12)10-4-2-1-3-5-10/h1-5,11H,6-9H2. The SMILES string of the molecule is BrC1(Br)CCC(c2ccccc2)CC1. The molecule has 0 atom stereocenters. The molecule has 1 fully saturated rings. The van der Waals surface area contributed by atoms with Crippen LogP contribution in [-0.4, -0.2) is 3.23 Å². The number of halogens is 2. The van der Waals surface area contributed by atoms with Crippen molar-refractivity contribution in [1.29, 1.82) is 0 Å². The third-order valence-corrected chi connectivity index (χ3v) is 4.57. The van der Waals surface area contributed by atoms with Gasteiger partial charge in [0.2, 0.25) is 0 Å². The molecule has 1 aliphatic carbocycles. The van der Waals surface area contributed by atoms with E-state index in [0.717, 1.165) is 5.92 Å². The molecule has 0 N–H and O–H groups in total. The second-order valence-corrected chi connectivity index (χ2v) is 8.14. The Morgan fingerprint density at radius 3 is 2.14 bits per heavy atom. The highest BCUT2D eigenvalue weighted by Gasteiger charge is 2.30. The minimum Gasteiger partial charge on any atom is -0.0727 e. The zero-order valence-electron chi connectivity index (χ0n) is 8.05. The molecule has 0 radical (unpaired) electrons. The van der Waals surface area contributed by atoms with Gasteiger partial charge in [-0.25, -0.2) is 0 Å². The Morgan fingerprint density at radius 2 is 1.57 bits per heavy atom. The van der Waals surface area contributed by atoms with Crippen LogP contribution < -0.4 is 0 Å². The summed E-state index contributed by atoms with van der Waals surface area (Å²) in [6.07, 6.45) is 4.99. The van der Waals surface area contributed by atoms with Crippen molar-refractivity contribution >= 4 is 31.9 Å². The quantitative estimate of drug-likeness (QED) is 0.651. The van der Waals surface area contributed by atoms with Crippen molar-refractivity contribution in [3.8, 4) is 0 Å². The van der Waals surface area contributed by atoms with E-state index in [-0.39, 0.29) is 3.23 Å². The molecule has 2 rings (SSSR count). The number of benzene rings is 1. The minimum atomic E-state index is 0.214. The van der Waals surface area contributed by atoms with Gasteiger partial charge in [-0.15, -0.1) is 0 Å². The van der Waals surface area contributed by atoms with Gasteiger partial charge in [-0.2, -0.15) is 0 Å². The topological polar surface area (TPSA) is 0 Å². The van der Waals surface area contributed by atoms with Crippen molar-refractivity contribution < 1.29 is 0 Å². The zero-order valence-corrected chi connectivity index (χ0v) is 11.2. The van der Waals surface area contributed by atoms with E-state index < -0.39 is 0 Å². The molecule has 0 bridgehead atoms. The molecule has 0 unspecified atom stereocenters. The fourth-order valence-corrected chi connectivity index (χ4v) is 3.01. The molecule has 1 aromatic rings. The third-order valence-electron chi connectivity index (χ3n) is 2.99. The summed E-state index contributed by atoms with van der Waals surface area (Å²) in [4.78, 5) is 0. The Labute approximate surface area is 102 Å². The van der Waals surface area contributed by atoms with E-state index in [4.69, 9.17) is 0 Å². The van der Waals surface area contributed by atoms with Gasteiger partial charge in [0, 0.05) is 0 Å². The molecule has 0 amide bonds. The maximum Gasteiger partial charge on any atom is 0.0806 e. The first-order valence-electron chi connectivity index (χ1n) is 5.10. The van der Waals surface area contributed by atoms with Gasteiger partial charge in [-0.3, -0.25) is 0 Å². The Morgan fingerprint density at radius 1 is 1.00 bits per heavy atom. The molecule has 0 aliphatic heterocycles. The van der Waals surface area contributed by atoms with Crippen LogP contribution in [0.5, 0.6) is 0 Å². The minimum absolute atomic E-state index is 0.214. The van der Waals surface area contributed by atoms with Gasteiger partial charge >= 0.3 is 0 Å². The lowest BCUT2D eigenvalue weighted by atomic mass is 9.84. The highest BCUT2D eigenvalue weighted by atomic mass is 79.9. The van der Waals surface area contributed by atoms with Crippen LogP contribution in [0, 0.1) is 0 Å². The van der Waals surface area contributed by atoms with Gasteiger partial charge < -0.3 is 0 Å². The maximum absolute atomic E-state index is 3.71. The van der Waals surface area contributed by atoms with Crippen molar-refractivity contribution in [3.05, 3.63) is 35.9 Å². The van der Waals surface area contributed by atoms with Gasteiger partial charge in [0.25, 0.3) is 0 Å². The predicted molar refractivity (Wildman–Crippen MR) is 68.2 cm³/mol. The van der Waals surface area contributed by atoms with Crippen molar-refractivity contribution in [1.82, 2.24) is 0 Å².